The molecule has 0 aromatic heterocycles. The predicted octanol–water partition coefficient (Wildman–Crippen LogP) is 3.49. The minimum atomic E-state index is -4.54. The van der Waals surface area contributed by atoms with E-state index in [-0.39, 0.29) is 5.56 Å². The second-order valence-electron chi connectivity index (χ2n) is 3.76. The van der Waals surface area contributed by atoms with Gasteiger partial charge in [-0.05, 0) is 24.1 Å². The van der Waals surface area contributed by atoms with Crippen LogP contribution < -0.4 is 5.32 Å². The molecule has 1 aromatic rings. The van der Waals surface area contributed by atoms with Crippen LogP contribution in [0, 0.1) is 0 Å². The van der Waals surface area contributed by atoms with Gasteiger partial charge in [0.2, 0.25) is 0 Å². The fourth-order valence-corrected chi connectivity index (χ4v) is 1.46. The third-order valence-corrected chi connectivity index (χ3v) is 2.36. The van der Waals surface area contributed by atoms with Crippen molar-refractivity contribution < 1.29 is 18.0 Å². The van der Waals surface area contributed by atoms with Gasteiger partial charge in [0.1, 0.15) is 0 Å². The molecule has 0 heterocycles. The smallest absolute Gasteiger partial charge is 0.352 e. The molecule has 1 amide bonds. The second-order valence-corrected chi connectivity index (χ2v) is 3.76. The highest BCUT2D eigenvalue weighted by Gasteiger charge is 2.35. The van der Waals surface area contributed by atoms with Crippen molar-refractivity contribution >= 4 is 12.0 Å². The predicted molar refractivity (Wildman–Crippen MR) is 64.2 cm³/mol. The van der Waals surface area contributed by atoms with Gasteiger partial charge in [-0.25, -0.2) is 0 Å². The first-order valence-corrected chi connectivity index (χ1v) is 5.52. The summed E-state index contributed by atoms with van der Waals surface area (Å²) >= 11 is 0. The monoisotopic (exact) mass is 257 g/mol. The third-order valence-electron chi connectivity index (χ3n) is 2.36. The average Bonchev–Trinajstić information content (AvgIpc) is 2.34. The second kappa shape index (κ2) is 5.71. The highest BCUT2D eigenvalue weighted by molar-refractivity contribution is 5.96. The molecule has 0 aliphatic rings. The van der Waals surface area contributed by atoms with Gasteiger partial charge < -0.3 is 5.32 Å². The Kier molecular flexibility index (Phi) is 4.53. The van der Waals surface area contributed by atoms with Gasteiger partial charge in [-0.1, -0.05) is 25.6 Å². The van der Waals surface area contributed by atoms with Crippen LogP contribution in [-0.4, -0.2) is 12.5 Å². The number of hydrogen-bond acceptors (Lipinski definition) is 1. The Morgan fingerprint density at radius 2 is 2.11 bits per heavy atom. The van der Waals surface area contributed by atoms with Gasteiger partial charge in [0.05, 0.1) is 11.1 Å². The molecule has 1 rings (SSSR count). The summed E-state index contributed by atoms with van der Waals surface area (Å²) in [5.74, 6) is -0.715. The van der Waals surface area contributed by atoms with Crippen molar-refractivity contribution in [2.45, 2.75) is 19.5 Å². The molecule has 0 atom stereocenters. The number of amides is 1. The SMILES string of the molecule is C=Cc1ccc(C(F)(F)F)c(C(=O)NCCC)c1. The summed E-state index contributed by atoms with van der Waals surface area (Å²) in [5.41, 5.74) is -0.820. The van der Waals surface area contributed by atoms with Gasteiger partial charge in [0.25, 0.3) is 5.91 Å². The number of halogens is 3. The lowest BCUT2D eigenvalue weighted by Gasteiger charge is -2.13. The van der Waals surface area contributed by atoms with Crippen LogP contribution in [-0.2, 0) is 6.18 Å². The number of carbonyl (C=O) groups is 1. The van der Waals surface area contributed by atoms with Gasteiger partial charge in [0, 0.05) is 6.54 Å². The van der Waals surface area contributed by atoms with Crippen LogP contribution in [0.15, 0.2) is 24.8 Å². The molecule has 0 aliphatic carbocycles. The van der Waals surface area contributed by atoms with Crippen LogP contribution in [0.4, 0.5) is 13.2 Å². The lowest BCUT2D eigenvalue weighted by atomic mass is 10.0. The van der Waals surface area contributed by atoms with Crippen molar-refractivity contribution in [3.05, 3.63) is 41.5 Å². The molecule has 0 radical (unpaired) electrons. The number of rotatable bonds is 4. The standard InChI is InChI=1S/C13H14F3NO/c1-3-7-17-12(18)10-8-9(4-2)5-6-11(10)13(14,15)16/h4-6,8H,2-3,7H2,1H3,(H,17,18). The lowest BCUT2D eigenvalue weighted by molar-refractivity contribution is -0.137. The van der Waals surface area contributed by atoms with Crippen LogP contribution in [0.3, 0.4) is 0 Å². The molecule has 0 saturated heterocycles. The fourth-order valence-electron chi connectivity index (χ4n) is 1.46. The molecule has 98 valence electrons. The summed E-state index contributed by atoms with van der Waals surface area (Å²) in [7, 11) is 0. The summed E-state index contributed by atoms with van der Waals surface area (Å²) in [6.07, 6.45) is -2.48. The molecule has 0 spiro atoms. The van der Waals surface area contributed by atoms with Crippen LogP contribution in [0.5, 0.6) is 0 Å². The quantitative estimate of drug-likeness (QED) is 0.879. The Hall–Kier alpha value is -1.78. The molecule has 0 saturated carbocycles. The molecule has 0 fully saturated rings. The van der Waals surface area contributed by atoms with Crippen LogP contribution in [0.25, 0.3) is 6.08 Å². The molecule has 2 nitrogen and oxygen atoms in total. The minimum absolute atomic E-state index is 0.342. The number of nitrogens with one attached hydrogen (secondary N) is 1. The van der Waals surface area contributed by atoms with Crippen LogP contribution in [0.2, 0.25) is 0 Å². The number of benzene rings is 1. The van der Waals surface area contributed by atoms with Crippen molar-refractivity contribution in [2.24, 2.45) is 0 Å². The van der Waals surface area contributed by atoms with Gasteiger partial charge in [0.15, 0.2) is 0 Å². The summed E-state index contributed by atoms with van der Waals surface area (Å²) in [6.45, 7) is 5.64. The number of alkyl halides is 3. The third kappa shape index (κ3) is 3.35. The number of hydrogen-bond donors (Lipinski definition) is 1. The summed E-state index contributed by atoms with van der Waals surface area (Å²) < 4.78 is 38.3. The first-order chi connectivity index (χ1) is 8.40. The number of carbonyl (C=O) groups excluding carboxylic acids is 1. The minimum Gasteiger partial charge on any atom is -0.352 e. The topological polar surface area (TPSA) is 29.1 Å². The Morgan fingerprint density at radius 3 is 2.61 bits per heavy atom. The largest absolute Gasteiger partial charge is 0.417 e. The van der Waals surface area contributed by atoms with Crippen LogP contribution in [0.1, 0.15) is 34.8 Å². The van der Waals surface area contributed by atoms with Gasteiger partial charge in [-0.3, -0.25) is 4.79 Å². The Balaban J connectivity index is 3.19. The maximum atomic E-state index is 12.8. The fraction of sp³-hybridized carbons (Fsp3) is 0.308. The molecule has 1 N–H and O–H groups in total. The summed E-state index contributed by atoms with van der Waals surface area (Å²) in [5, 5.41) is 2.44. The van der Waals surface area contributed by atoms with Gasteiger partial charge in [-0.15, -0.1) is 0 Å². The van der Waals surface area contributed by atoms with E-state index in [0.717, 1.165) is 6.07 Å². The zero-order valence-electron chi connectivity index (χ0n) is 9.97. The van der Waals surface area contributed by atoms with Crippen molar-refractivity contribution in [3.8, 4) is 0 Å². The highest BCUT2D eigenvalue weighted by atomic mass is 19.4. The normalized spacial score (nSPS) is 11.1. The zero-order chi connectivity index (χ0) is 13.8. The lowest BCUT2D eigenvalue weighted by Crippen LogP contribution is -2.27. The van der Waals surface area contributed by atoms with E-state index in [1.54, 1.807) is 0 Å². The Labute approximate surface area is 104 Å². The first-order valence-electron chi connectivity index (χ1n) is 5.52. The van der Waals surface area contributed by atoms with Crippen LogP contribution >= 0.6 is 0 Å². The summed E-state index contributed by atoms with van der Waals surface area (Å²) in [6, 6.07) is 3.38. The maximum Gasteiger partial charge on any atom is 0.417 e. The maximum absolute atomic E-state index is 12.8. The van der Waals surface area contributed by atoms with Crippen molar-refractivity contribution in [2.75, 3.05) is 6.54 Å². The molecule has 1 aromatic carbocycles. The highest BCUT2D eigenvalue weighted by Crippen LogP contribution is 2.32. The molecule has 5 heteroatoms. The average molecular weight is 257 g/mol. The molecule has 0 unspecified atom stereocenters. The molecule has 0 bridgehead atoms. The van der Waals surface area contributed by atoms with Gasteiger partial charge in [-0.2, -0.15) is 13.2 Å². The van der Waals surface area contributed by atoms with E-state index in [1.807, 2.05) is 6.92 Å². The van der Waals surface area contributed by atoms with E-state index in [9.17, 15) is 18.0 Å². The van der Waals surface area contributed by atoms with Crippen molar-refractivity contribution in [1.82, 2.24) is 5.32 Å². The van der Waals surface area contributed by atoms with E-state index in [0.29, 0.717) is 18.5 Å². The molecular weight excluding hydrogens is 243 g/mol. The van der Waals surface area contributed by atoms with E-state index >= 15 is 0 Å². The molecule has 18 heavy (non-hydrogen) atoms. The van der Waals surface area contributed by atoms with E-state index in [4.69, 9.17) is 0 Å². The first kappa shape index (κ1) is 14.3. The zero-order valence-corrected chi connectivity index (χ0v) is 9.97. The van der Waals surface area contributed by atoms with Crippen molar-refractivity contribution in [3.63, 3.8) is 0 Å². The van der Waals surface area contributed by atoms with E-state index in [1.165, 1.54) is 18.2 Å². The summed E-state index contributed by atoms with van der Waals surface area (Å²) in [4.78, 5) is 11.7. The Bertz CT molecular complexity index is 452. The van der Waals surface area contributed by atoms with Crippen molar-refractivity contribution in [1.29, 1.82) is 0 Å². The Morgan fingerprint density at radius 1 is 1.44 bits per heavy atom. The van der Waals surface area contributed by atoms with E-state index < -0.39 is 17.6 Å². The molecular formula is C13H14F3NO. The van der Waals surface area contributed by atoms with E-state index in [2.05, 4.69) is 11.9 Å². The molecule has 0 aliphatic heterocycles. The van der Waals surface area contributed by atoms with Gasteiger partial charge >= 0.3 is 6.18 Å².